The van der Waals surface area contributed by atoms with Crippen LogP contribution < -0.4 is 9.47 Å². The van der Waals surface area contributed by atoms with E-state index in [-0.39, 0.29) is 24.2 Å². The molecule has 1 saturated heterocycles. The number of carbonyl (C=O) groups is 2. The zero-order valence-electron chi connectivity index (χ0n) is 14.6. The molecule has 2 aromatic rings. The number of aromatic nitrogens is 1. The van der Waals surface area contributed by atoms with Crippen LogP contribution in [0.3, 0.4) is 0 Å². The van der Waals surface area contributed by atoms with Crippen LogP contribution >= 0.6 is 0 Å². The van der Waals surface area contributed by atoms with E-state index in [1.165, 1.54) is 7.11 Å². The summed E-state index contributed by atoms with van der Waals surface area (Å²) in [7, 11) is 3.01. The number of carboxylic acid groups (broad SMARTS) is 1. The second-order valence-corrected chi connectivity index (χ2v) is 6.10. The highest BCUT2D eigenvalue weighted by molar-refractivity contribution is 5.97. The molecule has 1 aliphatic heterocycles. The summed E-state index contributed by atoms with van der Waals surface area (Å²) in [4.78, 5) is 30.2. The predicted molar refractivity (Wildman–Crippen MR) is 93.6 cm³/mol. The summed E-state index contributed by atoms with van der Waals surface area (Å²) in [6.45, 7) is 0.440. The zero-order valence-corrected chi connectivity index (χ0v) is 14.6. The molecular formula is C19H20N2O5. The van der Waals surface area contributed by atoms with Gasteiger partial charge in [-0.05, 0) is 29.8 Å². The topological polar surface area (TPSA) is 89.0 Å². The molecule has 1 aromatic carbocycles. The molecule has 0 bridgehead atoms. The Hall–Kier alpha value is -3.09. The van der Waals surface area contributed by atoms with Gasteiger partial charge in [0, 0.05) is 25.2 Å². The standard InChI is InChI=1S/C19H20N2O5/c1-25-13-6-3-5-12(9-13)15-10-21(11-16(15)19(23)24)18(22)14-7-4-8-20-17(14)26-2/h3-9,15-16H,10-11H2,1-2H3,(H,23,24)/t15-,16+/m1/s1. The molecule has 1 N–H and O–H groups in total. The first-order valence-corrected chi connectivity index (χ1v) is 8.20. The van der Waals surface area contributed by atoms with Crippen LogP contribution in [-0.2, 0) is 4.79 Å². The predicted octanol–water partition coefficient (Wildman–Crippen LogP) is 2.04. The van der Waals surface area contributed by atoms with Crippen LogP contribution in [0.2, 0.25) is 0 Å². The SMILES string of the molecule is COc1cccc([C@H]2CN(C(=O)c3cccnc3OC)C[C@@H]2C(=O)O)c1. The van der Waals surface area contributed by atoms with E-state index >= 15 is 0 Å². The summed E-state index contributed by atoms with van der Waals surface area (Å²) in [6, 6.07) is 10.6. The number of methoxy groups -OCH3 is 2. The number of ether oxygens (including phenoxy) is 2. The van der Waals surface area contributed by atoms with Gasteiger partial charge in [-0.1, -0.05) is 12.1 Å². The van der Waals surface area contributed by atoms with Gasteiger partial charge in [0.05, 0.1) is 20.1 Å². The summed E-state index contributed by atoms with van der Waals surface area (Å²) < 4.78 is 10.4. The molecule has 2 heterocycles. The van der Waals surface area contributed by atoms with Gasteiger partial charge in [0.25, 0.3) is 5.91 Å². The Kier molecular flexibility index (Phi) is 5.06. The average molecular weight is 356 g/mol. The second-order valence-electron chi connectivity index (χ2n) is 6.10. The van der Waals surface area contributed by atoms with Crippen LogP contribution in [0.25, 0.3) is 0 Å². The van der Waals surface area contributed by atoms with E-state index in [2.05, 4.69) is 4.98 Å². The molecule has 136 valence electrons. The monoisotopic (exact) mass is 356 g/mol. The van der Waals surface area contributed by atoms with E-state index in [0.29, 0.717) is 17.9 Å². The highest BCUT2D eigenvalue weighted by Crippen LogP contribution is 2.35. The number of hydrogen-bond acceptors (Lipinski definition) is 5. The van der Waals surface area contributed by atoms with Gasteiger partial charge in [0.15, 0.2) is 0 Å². The summed E-state index contributed by atoms with van der Waals surface area (Å²) in [5, 5.41) is 9.64. The van der Waals surface area contributed by atoms with Gasteiger partial charge < -0.3 is 19.5 Å². The quantitative estimate of drug-likeness (QED) is 0.882. The van der Waals surface area contributed by atoms with Crippen molar-refractivity contribution < 1.29 is 24.2 Å². The Labute approximate surface area is 151 Å². The van der Waals surface area contributed by atoms with Gasteiger partial charge in [-0.25, -0.2) is 4.98 Å². The van der Waals surface area contributed by atoms with Crippen molar-refractivity contribution in [2.24, 2.45) is 5.92 Å². The highest BCUT2D eigenvalue weighted by atomic mass is 16.5. The van der Waals surface area contributed by atoms with E-state index in [1.807, 2.05) is 18.2 Å². The fraction of sp³-hybridized carbons (Fsp3) is 0.316. The van der Waals surface area contributed by atoms with Crippen molar-refractivity contribution in [3.05, 3.63) is 53.7 Å². The van der Waals surface area contributed by atoms with E-state index in [1.54, 1.807) is 36.4 Å². The smallest absolute Gasteiger partial charge is 0.308 e. The lowest BCUT2D eigenvalue weighted by Gasteiger charge is -2.18. The molecule has 0 spiro atoms. The lowest BCUT2D eigenvalue weighted by atomic mass is 9.89. The third-order valence-corrected chi connectivity index (χ3v) is 4.64. The number of aliphatic carboxylic acids is 1. The number of nitrogens with zero attached hydrogens (tertiary/aromatic N) is 2. The molecule has 0 radical (unpaired) electrons. The minimum atomic E-state index is -0.925. The van der Waals surface area contributed by atoms with E-state index < -0.39 is 11.9 Å². The average Bonchev–Trinajstić information content (AvgIpc) is 3.13. The summed E-state index contributed by atoms with van der Waals surface area (Å²) in [5.74, 6) is -1.32. The van der Waals surface area contributed by atoms with E-state index in [4.69, 9.17) is 9.47 Å². The Morgan fingerprint density at radius 3 is 2.65 bits per heavy atom. The number of hydrogen-bond donors (Lipinski definition) is 1. The van der Waals surface area contributed by atoms with Gasteiger partial charge >= 0.3 is 5.97 Å². The van der Waals surface area contributed by atoms with Crippen LogP contribution in [-0.4, -0.2) is 54.2 Å². The maximum atomic E-state index is 12.9. The Morgan fingerprint density at radius 2 is 1.96 bits per heavy atom. The van der Waals surface area contributed by atoms with Gasteiger partial charge in [0.2, 0.25) is 5.88 Å². The summed E-state index contributed by atoms with van der Waals surface area (Å²) in [5.41, 5.74) is 1.16. The van der Waals surface area contributed by atoms with E-state index in [9.17, 15) is 14.7 Å². The molecule has 1 amide bonds. The summed E-state index contributed by atoms with van der Waals surface area (Å²) in [6.07, 6.45) is 1.54. The minimum Gasteiger partial charge on any atom is -0.497 e. The fourth-order valence-electron chi connectivity index (χ4n) is 3.32. The molecule has 0 unspecified atom stereocenters. The van der Waals surface area contributed by atoms with Crippen molar-refractivity contribution in [3.63, 3.8) is 0 Å². The first-order chi connectivity index (χ1) is 12.5. The molecule has 26 heavy (non-hydrogen) atoms. The lowest BCUT2D eigenvalue weighted by molar-refractivity contribution is -0.141. The van der Waals surface area contributed by atoms with Gasteiger partial charge in [-0.15, -0.1) is 0 Å². The number of carboxylic acids is 1. The lowest BCUT2D eigenvalue weighted by Crippen LogP contribution is -2.30. The molecule has 1 fully saturated rings. The highest BCUT2D eigenvalue weighted by Gasteiger charge is 2.41. The van der Waals surface area contributed by atoms with Gasteiger partial charge in [-0.3, -0.25) is 9.59 Å². The number of carbonyl (C=O) groups excluding carboxylic acids is 1. The first-order valence-electron chi connectivity index (χ1n) is 8.20. The van der Waals surface area contributed by atoms with Crippen LogP contribution in [0.1, 0.15) is 21.8 Å². The molecule has 7 nitrogen and oxygen atoms in total. The van der Waals surface area contributed by atoms with Crippen molar-refractivity contribution in [1.82, 2.24) is 9.88 Å². The molecule has 2 atom stereocenters. The van der Waals surface area contributed by atoms with Gasteiger partial charge in [0.1, 0.15) is 11.3 Å². The zero-order chi connectivity index (χ0) is 18.7. The maximum Gasteiger partial charge on any atom is 0.308 e. The number of rotatable bonds is 5. The minimum absolute atomic E-state index is 0.133. The van der Waals surface area contributed by atoms with Crippen molar-refractivity contribution in [3.8, 4) is 11.6 Å². The molecule has 3 rings (SSSR count). The number of amides is 1. The van der Waals surface area contributed by atoms with Crippen molar-refractivity contribution >= 4 is 11.9 Å². The number of likely N-dealkylation sites (tertiary alicyclic amines) is 1. The van der Waals surface area contributed by atoms with Gasteiger partial charge in [-0.2, -0.15) is 0 Å². The molecular weight excluding hydrogens is 336 g/mol. The Morgan fingerprint density at radius 1 is 1.15 bits per heavy atom. The Balaban J connectivity index is 1.89. The molecule has 1 aliphatic rings. The Bertz CT molecular complexity index is 823. The van der Waals surface area contributed by atoms with Crippen molar-refractivity contribution in [1.29, 1.82) is 0 Å². The third-order valence-electron chi connectivity index (χ3n) is 4.64. The van der Waals surface area contributed by atoms with Crippen LogP contribution in [0, 0.1) is 5.92 Å². The van der Waals surface area contributed by atoms with Crippen LogP contribution in [0.4, 0.5) is 0 Å². The first kappa shape index (κ1) is 17.7. The third kappa shape index (κ3) is 3.33. The van der Waals surface area contributed by atoms with E-state index in [0.717, 1.165) is 5.56 Å². The fourth-order valence-corrected chi connectivity index (χ4v) is 3.32. The molecule has 0 aliphatic carbocycles. The maximum absolute atomic E-state index is 12.9. The second kappa shape index (κ2) is 7.43. The largest absolute Gasteiger partial charge is 0.497 e. The molecule has 7 heteroatoms. The molecule has 1 aromatic heterocycles. The van der Waals surface area contributed by atoms with Crippen LogP contribution in [0.5, 0.6) is 11.6 Å². The van der Waals surface area contributed by atoms with Crippen molar-refractivity contribution in [2.45, 2.75) is 5.92 Å². The number of pyridine rings is 1. The van der Waals surface area contributed by atoms with Crippen LogP contribution in [0.15, 0.2) is 42.6 Å². The number of benzene rings is 1. The summed E-state index contributed by atoms with van der Waals surface area (Å²) >= 11 is 0. The molecule has 0 saturated carbocycles. The van der Waals surface area contributed by atoms with Crippen molar-refractivity contribution in [2.75, 3.05) is 27.3 Å². The normalized spacial score (nSPS) is 19.2.